The van der Waals surface area contributed by atoms with E-state index >= 15 is 0 Å². The van der Waals surface area contributed by atoms with Gasteiger partial charge in [-0.25, -0.2) is 27.2 Å². The molecule has 0 spiro atoms. The second kappa shape index (κ2) is 31.9. The molecule has 0 N–H and O–H groups in total. The molecule has 17 nitrogen and oxygen atoms in total. The lowest BCUT2D eigenvalue weighted by molar-refractivity contribution is -0.146. The van der Waals surface area contributed by atoms with Crippen molar-refractivity contribution < 1.29 is 93.4 Å². The second-order valence-corrected chi connectivity index (χ2v) is 15.3. The van der Waals surface area contributed by atoms with Crippen LogP contribution in [0.3, 0.4) is 0 Å². The molecule has 0 aliphatic carbocycles. The van der Waals surface area contributed by atoms with Crippen LogP contribution in [-0.2, 0) is 58.9 Å². The van der Waals surface area contributed by atoms with E-state index in [-0.39, 0.29) is 84.8 Å². The first-order valence-electron chi connectivity index (χ1n) is 23.0. The predicted molar refractivity (Wildman–Crippen MR) is 259 cm³/mol. The van der Waals surface area contributed by atoms with Gasteiger partial charge in [0.15, 0.2) is 34.8 Å². The third-order valence-electron chi connectivity index (χ3n) is 9.86. The van der Waals surface area contributed by atoms with Crippen LogP contribution in [0.1, 0.15) is 18.4 Å². The van der Waals surface area contributed by atoms with Crippen molar-refractivity contribution in [2.45, 2.75) is 19.4 Å². The first-order valence-corrected chi connectivity index (χ1v) is 23.0. The predicted octanol–water partition coefficient (Wildman–Crippen LogP) is 9.00. The van der Waals surface area contributed by atoms with Gasteiger partial charge in [-0.3, -0.25) is 9.59 Å². The molecule has 398 valence electrons. The average Bonchev–Trinajstić information content (AvgIpc) is 3.95. The van der Waals surface area contributed by atoms with Gasteiger partial charge in [-0.05, 0) is 82.9 Å². The molecule has 0 fully saturated rings. The summed E-state index contributed by atoms with van der Waals surface area (Å²) in [4.78, 5) is 45.5. The van der Waals surface area contributed by atoms with E-state index in [0.29, 0.717) is 47.0 Å². The quantitative estimate of drug-likeness (QED) is 0.0139. The van der Waals surface area contributed by atoms with Crippen LogP contribution in [0.15, 0.2) is 140 Å². The van der Waals surface area contributed by atoms with Gasteiger partial charge in [0.2, 0.25) is 0 Å². The number of rotatable bonds is 30. The summed E-state index contributed by atoms with van der Waals surface area (Å²) in [5, 5.41) is 3.55. The van der Waals surface area contributed by atoms with Gasteiger partial charge in [-0.1, -0.05) is 42.6 Å². The number of carbonyl (C=O) groups is 4. The Morgan fingerprint density at radius 1 is 0.533 bits per heavy atom. The maximum absolute atomic E-state index is 14.4. The Balaban J connectivity index is 0.000000277. The summed E-state index contributed by atoms with van der Waals surface area (Å²) in [6.07, 6.45) is 12.1. The van der Waals surface area contributed by atoms with Crippen LogP contribution in [0.25, 0.3) is 22.3 Å². The number of hydrogen-bond acceptors (Lipinski definition) is 17. The third kappa shape index (κ3) is 20.9. The molecule has 0 bridgehead atoms. The minimum absolute atomic E-state index is 0.0525. The first-order chi connectivity index (χ1) is 36.4. The summed E-state index contributed by atoms with van der Waals surface area (Å²) >= 11 is 0. The highest BCUT2D eigenvalue weighted by molar-refractivity contribution is 5.81. The highest BCUT2D eigenvalue weighted by Crippen LogP contribution is 2.32. The molecule has 4 aromatic carbocycles. The molecule has 0 unspecified atom stereocenters. The molecule has 1 aliphatic rings. The summed E-state index contributed by atoms with van der Waals surface area (Å²) in [6, 6.07) is 17.7. The lowest BCUT2D eigenvalue weighted by atomic mass is 10.0. The van der Waals surface area contributed by atoms with Crippen LogP contribution in [0, 0.1) is 29.2 Å². The minimum Gasteiger partial charge on any atom is -0.490 e. The monoisotopic (exact) mass is 1050 g/mol. The zero-order chi connectivity index (χ0) is 53.6. The van der Waals surface area contributed by atoms with Gasteiger partial charge < -0.3 is 56.6 Å². The van der Waals surface area contributed by atoms with Gasteiger partial charge in [-0.2, -0.15) is 0 Å². The van der Waals surface area contributed by atoms with Crippen LogP contribution in [0.5, 0.6) is 23.0 Å². The molecule has 1 aromatic heterocycles. The Bertz CT molecular complexity index is 2620. The van der Waals surface area contributed by atoms with Crippen LogP contribution in [-0.4, -0.2) is 102 Å². The molecule has 0 saturated heterocycles. The minimum atomic E-state index is -0.893. The number of carbonyl (C=O) groups excluding carboxylic acids is 4. The van der Waals surface area contributed by atoms with Gasteiger partial charge >= 0.3 is 23.9 Å². The number of aromatic nitrogens is 1. The smallest absolute Gasteiger partial charge is 0.330 e. The number of hydrogen-bond donors (Lipinski definition) is 0. The Hall–Kier alpha value is -8.43. The van der Waals surface area contributed by atoms with E-state index in [1.165, 1.54) is 12.5 Å². The van der Waals surface area contributed by atoms with E-state index in [0.717, 1.165) is 42.0 Å². The summed E-state index contributed by atoms with van der Waals surface area (Å²) in [6.45, 7) is 7.30. The van der Waals surface area contributed by atoms with Crippen molar-refractivity contribution in [3.8, 4) is 45.3 Å². The number of halogens is 4. The zero-order valence-electron chi connectivity index (χ0n) is 40.4. The van der Waals surface area contributed by atoms with Crippen molar-refractivity contribution in [3.63, 3.8) is 0 Å². The molecule has 1 aliphatic heterocycles. The molecule has 5 aromatic rings. The van der Waals surface area contributed by atoms with Gasteiger partial charge in [0.05, 0.1) is 58.0 Å². The topological polar surface area (TPSA) is 196 Å². The number of ether oxygens (including phenoxy) is 11. The highest BCUT2D eigenvalue weighted by Gasteiger charge is 2.17. The van der Waals surface area contributed by atoms with E-state index in [9.17, 15) is 36.7 Å². The average molecular weight is 1050 g/mol. The van der Waals surface area contributed by atoms with Gasteiger partial charge in [0, 0.05) is 23.6 Å². The Morgan fingerprint density at radius 3 is 1.39 bits per heavy atom. The fraction of sp³-hybridized carbons (Fsp3) is 0.278. The standard InChI is InChI=1S/C28H28F2O8.C26H25F2NO8/c1-2-26(31)36-15-16-38-28-24(29)17-22(18-25(28)30)21-3-5-23(6-4-21)35-13-14-37-27(32)9-12-34-19-20-7-10-33-11-8-20;1-2-24(30)34-11-12-36-26-22(27)13-20(14-23(26)28)19-3-5-21(6-4-19)33-9-10-35-25(31)7-8-32-16-18-15-29-37-17-18/h2-8,10-11,17-18,20H,1,9,12-16,19H2;2-6,13-15,17H,1,7-12,16H2. The molecule has 21 heteroatoms. The van der Waals surface area contributed by atoms with E-state index in [1.807, 2.05) is 12.2 Å². The van der Waals surface area contributed by atoms with Crippen molar-refractivity contribution in [3.05, 3.63) is 164 Å². The number of esters is 4. The Labute approximate surface area is 428 Å². The van der Waals surface area contributed by atoms with E-state index < -0.39 is 58.6 Å². The molecule has 0 amide bonds. The maximum atomic E-state index is 14.4. The summed E-state index contributed by atoms with van der Waals surface area (Å²) in [7, 11) is 0. The largest absolute Gasteiger partial charge is 0.490 e. The van der Waals surface area contributed by atoms with Crippen molar-refractivity contribution in [1.82, 2.24) is 5.16 Å². The SMILES string of the molecule is C=CC(=O)OCCOc1c(F)cc(-c2ccc(OCCOC(=O)CCOCC3C=COC=C3)cc2)cc1F.C=CC(=O)OCCOc1c(F)cc(-c2ccc(OCCOC(=O)CCOCc3cnoc3)cc2)cc1F. The molecule has 75 heavy (non-hydrogen) atoms. The normalized spacial score (nSPS) is 11.5. The molecule has 0 saturated carbocycles. The van der Waals surface area contributed by atoms with Crippen molar-refractivity contribution in [2.24, 2.45) is 5.92 Å². The van der Waals surface area contributed by atoms with Crippen molar-refractivity contribution in [1.29, 1.82) is 0 Å². The van der Waals surface area contributed by atoms with E-state index in [1.54, 1.807) is 61.1 Å². The molecular formula is C54H53F4NO16. The number of benzene rings is 4. The fourth-order valence-corrected chi connectivity index (χ4v) is 6.21. The number of nitrogens with zero attached hydrogens (tertiary/aromatic N) is 1. The lowest BCUT2D eigenvalue weighted by Crippen LogP contribution is -2.15. The zero-order valence-corrected chi connectivity index (χ0v) is 40.4. The molecule has 0 radical (unpaired) electrons. The Morgan fingerprint density at radius 2 is 0.960 bits per heavy atom. The summed E-state index contributed by atoms with van der Waals surface area (Å²) in [5.74, 6) is -5.69. The lowest BCUT2D eigenvalue weighted by Gasteiger charge is -2.12. The van der Waals surface area contributed by atoms with Crippen LogP contribution < -0.4 is 18.9 Å². The third-order valence-corrected chi connectivity index (χ3v) is 9.86. The highest BCUT2D eigenvalue weighted by atomic mass is 19.1. The summed E-state index contributed by atoms with van der Waals surface area (Å²) < 4.78 is 119. The van der Waals surface area contributed by atoms with Gasteiger partial charge in [0.25, 0.3) is 0 Å². The van der Waals surface area contributed by atoms with Crippen LogP contribution >= 0.6 is 0 Å². The molecule has 6 rings (SSSR count). The van der Waals surface area contributed by atoms with Crippen LogP contribution in [0.4, 0.5) is 17.6 Å². The van der Waals surface area contributed by atoms with Crippen LogP contribution in [0.2, 0.25) is 0 Å². The van der Waals surface area contributed by atoms with Crippen molar-refractivity contribution in [2.75, 3.05) is 72.7 Å². The molecule has 2 heterocycles. The van der Waals surface area contributed by atoms with Gasteiger partial charge in [-0.15, -0.1) is 0 Å². The first kappa shape index (κ1) is 57.5. The van der Waals surface area contributed by atoms with E-state index in [2.05, 4.69) is 22.8 Å². The van der Waals surface area contributed by atoms with Gasteiger partial charge in [0.1, 0.15) is 70.6 Å². The maximum Gasteiger partial charge on any atom is 0.330 e. The molecule has 0 atom stereocenters. The van der Waals surface area contributed by atoms with E-state index in [4.69, 9.17) is 52.1 Å². The van der Waals surface area contributed by atoms with Crippen molar-refractivity contribution >= 4 is 23.9 Å². The molecular weight excluding hydrogens is 995 g/mol. The summed E-state index contributed by atoms with van der Waals surface area (Å²) in [5.41, 5.74) is 2.48. The Kier molecular flexibility index (Phi) is 24.4. The second-order valence-electron chi connectivity index (χ2n) is 15.3. The fourth-order valence-electron chi connectivity index (χ4n) is 6.21.